The molecule has 0 radical (unpaired) electrons. The Morgan fingerprint density at radius 1 is 1.17 bits per heavy atom. The van der Waals surface area contributed by atoms with E-state index < -0.39 is 6.04 Å². The summed E-state index contributed by atoms with van der Waals surface area (Å²) < 4.78 is 5.06. The van der Waals surface area contributed by atoms with Gasteiger partial charge in [0.1, 0.15) is 11.7 Å². The molecule has 0 saturated carbocycles. The van der Waals surface area contributed by atoms with Gasteiger partial charge in [-0.2, -0.15) is 0 Å². The van der Waals surface area contributed by atoms with Crippen molar-refractivity contribution in [3.8, 4) is 11.1 Å². The van der Waals surface area contributed by atoms with E-state index in [9.17, 15) is 9.59 Å². The summed E-state index contributed by atoms with van der Waals surface area (Å²) in [5, 5.41) is 4.66. The zero-order valence-corrected chi connectivity index (χ0v) is 21.1. The number of nitrogens with zero attached hydrogens (tertiary/aromatic N) is 1. The zero-order chi connectivity index (χ0) is 24.5. The third kappa shape index (κ3) is 4.85. The standard InChI is InChI=1S/C27H26ClN3O3S/c1-16-8-10-20(35-16)15-31-14-19(13-23(31)27(33)34-2)29-26(32)25-24(17-6-4-3-5-7-17)21-12-18(28)9-11-22(21)30-25/h3-12,19,23,30H,13-15H2,1-2H3,(H,29,32)/t19-,23+/m1/s1. The monoisotopic (exact) mass is 507 g/mol. The number of carbonyl (C=O) groups excluding carboxylic acids is 2. The normalized spacial score (nSPS) is 18.1. The zero-order valence-electron chi connectivity index (χ0n) is 19.5. The smallest absolute Gasteiger partial charge is 0.323 e. The Bertz CT molecular complexity index is 1380. The summed E-state index contributed by atoms with van der Waals surface area (Å²) in [7, 11) is 1.41. The number of nitrogens with one attached hydrogen (secondary N) is 2. The van der Waals surface area contributed by atoms with Gasteiger partial charge >= 0.3 is 5.97 Å². The second-order valence-electron chi connectivity index (χ2n) is 8.82. The minimum Gasteiger partial charge on any atom is -0.468 e. The van der Waals surface area contributed by atoms with Gasteiger partial charge in [-0.05, 0) is 49.2 Å². The molecule has 3 heterocycles. The fourth-order valence-electron chi connectivity index (χ4n) is 4.83. The van der Waals surface area contributed by atoms with E-state index in [4.69, 9.17) is 16.3 Å². The van der Waals surface area contributed by atoms with Gasteiger partial charge in [-0.25, -0.2) is 0 Å². The largest absolute Gasteiger partial charge is 0.468 e. The van der Waals surface area contributed by atoms with Crippen molar-refractivity contribution >= 4 is 45.7 Å². The van der Waals surface area contributed by atoms with Crippen molar-refractivity contribution in [1.82, 2.24) is 15.2 Å². The first kappa shape index (κ1) is 23.6. The highest BCUT2D eigenvalue weighted by Crippen LogP contribution is 2.34. The first-order chi connectivity index (χ1) is 16.9. The molecular weight excluding hydrogens is 482 g/mol. The molecule has 0 unspecified atom stereocenters. The van der Waals surface area contributed by atoms with E-state index in [-0.39, 0.29) is 17.9 Å². The lowest BCUT2D eigenvalue weighted by atomic mass is 10.0. The Hall–Kier alpha value is -3.13. The van der Waals surface area contributed by atoms with Crippen molar-refractivity contribution in [2.45, 2.75) is 32.0 Å². The number of thiophene rings is 1. The summed E-state index contributed by atoms with van der Waals surface area (Å²) in [5.41, 5.74) is 3.07. The lowest BCUT2D eigenvalue weighted by molar-refractivity contribution is -0.146. The molecule has 1 aliphatic heterocycles. The van der Waals surface area contributed by atoms with Gasteiger partial charge in [0.2, 0.25) is 0 Å². The molecule has 4 aromatic rings. The molecular formula is C27H26ClN3O3S. The van der Waals surface area contributed by atoms with Crippen molar-refractivity contribution in [3.63, 3.8) is 0 Å². The summed E-state index contributed by atoms with van der Waals surface area (Å²) in [6, 6.07) is 18.9. The number of benzene rings is 2. The van der Waals surface area contributed by atoms with Crippen LogP contribution in [0.4, 0.5) is 0 Å². The molecule has 5 rings (SSSR count). The quantitative estimate of drug-likeness (QED) is 0.342. The summed E-state index contributed by atoms with van der Waals surface area (Å²) in [5.74, 6) is -0.487. The molecule has 1 saturated heterocycles. The maximum atomic E-state index is 13.6. The van der Waals surface area contributed by atoms with Crippen LogP contribution in [0.15, 0.2) is 60.7 Å². The third-order valence-electron chi connectivity index (χ3n) is 6.42. The fourth-order valence-corrected chi connectivity index (χ4v) is 5.92. The maximum Gasteiger partial charge on any atom is 0.323 e. The van der Waals surface area contributed by atoms with Gasteiger partial charge < -0.3 is 15.0 Å². The van der Waals surface area contributed by atoms with Crippen LogP contribution in [0.1, 0.15) is 26.7 Å². The highest BCUT2D eigenvalue weighted by Gasteiger charge is 2.38. The summed E-state index contributed by atoms with van der Waals surface area (Å²) >= 11 is 8.00. The van der Waals surface area contributed by atoms with E-state index in [2.05, 4.69) is 34.3 Å². The number of hydrogen-bond donors (Lipinski definition) is 2. The molecule has 0 bridgehead atoms. The van der Waals surface area contributed by atoms with Gasteiger partial charge in [-0.1, -0.05) is 41.9 Å². The Morgan fingerprint density at radius 2 is 1.97 bits per heavy atom. The summed E-state index contributed by atoms with van der Waals surface area (Å²) in [6.45, 7) is 3.27. The topological polar surface area (TPSA) is 74.4 Å². The van der Waals surface area contributed by atoms with Gasteiger partial charge in [-0.15, -0.1) is 11.3 Å². The lowest BCUT2D eigenvalue weighted by Crippen LogP contribution is -2.37. The number of amides is 1. The second kappa shape index (κ2) is 9.85. The maximum absolute atomic E-state index is 13.6. The summed E-state index contributed by atoms with van der Waals surface area (Å²) in [4.78, 5) is 33.9. The van der Waals surface area contributed by atoms with Crippen molar-refractivity contribution in [1.29, 1.82) is 0 Å². The SMILES string of the molecule is COC(=O)[C@@H]1C[C@@H](NC(=O)c2[nH]c3ccc(Cl)cc3c2-c2ccccc2)CN1Cc1ccc(C)s1. The molecule has 2 N–H and O–H groups in total. The highest BCUT2D eigenvalue weighted by molar-refractivity contribution is 7.11. The third-order valence-corrected chi connectivity index (χ3v) is 7.64. The Balaban J connectivity index is 1.42. The number of aromatic amines is 1. The number of halogens is 1. The van der Waals surface area contributed by atoms with Crippen molar-refractivity contribution < 1.29 is 14.3 Å². The van der Waals surface area contributed by atoms with Crippen molar-refractivity contribution in [2.24, 2.45) is 0 Å². The number of H-pyrrole nitrogens is 1. The molecule has 2 atom stereocenters. The molecule has 0 spiro atoms. The summed E-state index contributed by atoms with van der Waals surface area (Å²) in [6.07, 6.45) is 0.496. The van der Waals surface area contributed by atoms with Crippen LogP contribution in [0.2, 0.25) is 5.02 Å². The van der Waals surface area contributed by atoms with Crippen LogP contribution in [0.3, 0.4) is 0 Å². The molecule has 0 aliphatic carbocycles. The number of rotatable bonds is 6. The van der Waals surface area contributed by atoms with Crippen LogP contribution in [0.5, 0.6) is 0 Å². The number of aromatic nitrogens is 1. The average molecular weight is 508 g/mol. The van der Waals surface area contributed by atoms with Gasteiger partial charge in [0, 0.05) is 50.4 Å². The van der Waals surface area contributed by atoms with Gasteiger partial charge in [0.15, 0.2) is 0 Å². The number of methoxy groups -OCH3 is 1. The second-order valence-corrected chi connectivity index (χ2v) is 10.6. The van der Waals surface area contributed by atoms with Crippen LogP contribution in [-0.2, 0) is 16.1 Å². The molecule has 8 heteroatoms. The van der Waals surface area contributed by atoms with E-state index in [1.807, 2.05) is 42.5 Å². The molecule has 2 aromatic heterocycles. The van der Waals surface area contributed by atoms with Crippen molar-refractivity contribution in [2.75, 3.05) is 13.7 Å². The fraction of sp³-hybridized carbons (Fsp3) is 0.259. The molecule has 180 valence electrons. The highest BCUT2D eigenvalue weighted by atomic mass is 35.5. The van der Waals surface area contributed by atoms with E-state index in [0.29, 0.717) is 30.2 Å². The first-order valence-corrected chi connectivity index (χ1v) is 12.7. The van der Waals surface area contributed by atoms with Crippen LogP contribution in [0.25, 0.3) is 22.0 Å². The van der Waals surface area contributed by atoms with E-state index in [1.54, 1.807) is 17.4 Å². The number of hydrogen-bond acceptors (Lipinski definition) is 5. The molecule has 1 amide bonds. The number of ether oxygens (including phenoxy) is 1. The van der Waals surface area contributed by atoms with E-state index >= 15 is 0 Å². The molecule has 35 heavy (non-hydrogen) atoms. The Kier molecular flexibility index (Phi) is 6.65. The molecule has 1 fully saturated rings. The minimum atomic E-state index is -0.400. The Morgan fingerprint density at radius 3 is 2.69 bits per heavy atom. The Labute approximate surface area is 212 Å². The predicted molar refractivity (Wildman–Crippen MR) is 140 cm³/mol. The lowest BCUT2D eigenvalue weighted by Gasteiger charge is -2.21. The van der Waals surface area contributed by atoms with Gasteiger partial charge in [0.05, 0.1) is 7.11 Å². The van der Waals surface area contributed by atoms with Crippen LogP contribution in [-0.4, -0.2) is 47.5 Å². The first-order valence-electron chi connectivity index (χ1n) is 11.5. The number of esters is 1. The average Bonchev–Trinajstić information content (AvgIpc) is 3.56. The number of carbonyl (C=O) groups is 2. The number of aryl methyl sites for hydroxylation is 1. The van der Waals surface area contributed by atoms with Crippen LogP contribution in [0, 0.1) is 6.92 Å². The molecule has 2 aromatic carbocycles. The van der Waals surface area contributed by atoms with Crippen LogP contribution >= 0.6 is 22.9 Å². The molecule has 6 nitrogen and oxygen atoms in total. The number of likely N-dealkylation sites (tertiary alicyclic amines) is 1. The number of fused-ring (bicyclic) bond motifs is 1. The van der Waals surface area contributed by atoms with E-state index in [1.165, 1.54) is 16.9 Å². The molecule has 1 aliphatic rings. The van der Waals surface area contributed by atoms with Crippen molar-refractivity contribution in [3.05, 3.63) is 81.1 Å². The van der Waals surface area contributed by atoms with Crippen LogP contribution < -0.4 is 5.32 Å². The van der Waals surface area contributed by atoms with Gasteiger partial charge in [-0.3, -0.25) is 14.5 Å². The van der Waals surface area contributed by atoms with E-state index in [0.717, 1.165) is 22.0 Å². The van der Waals surface area contributed by atoms with Gasteiger partial charge in [0.25, 0.3) is 5.91 Å². The predicted octanol–water partition coefficient (Wildman–Crippen LogP) is 5.40. The minimum absolute atomic E-state index is 0.189.